The van der Waals surface area contributed by atoms with Crippen LogP contribution in [0, 0.1) is 0 Å². The first-order chi connectivity index (χ1) is 10.7. The van der Waals surface area contributed by atoms with Crippen LogP contribution in [0.4, 0.5) is 11.5 Å². The quantitative estimate of drug-likeness (QED) is 0.820. The number of ether oxygens (including phenoxy) is 1. The lowest BCUT2D eigenvalue weighted by Gasteiger charge is -2.11. The summed E-state index contributed by atoms with van der Waals surface area (Å²) in [5.74, 6) is 1.18. The predicted molar refractivity (Wildman–Crippen MR) is 88.6 cm³/mol. The molecule has 5 nitrogen and oxygen atoms in total. The zero-order valence-corrected chi connectivity index (χ0v) is 12.9. The van der Waals surface area contributed by atoms with E-state index in [1.807, 2.05) is 31.2 Å². The number of hydrogen-bond acceptors (Lipinski definition) is 4. The molecule has 116 valence electrons. The van der Waals surface area contributed by atoms with Crippen molar-refractivity contribution in [2.24, 2.45) is 0 Å². The highest BCUT2D eigenvalue weighted by atomic mass is 16.5. The normalized spacial score (nSPS) is 10.1. The van der Waals surface area contributed by atoms with Crippen molar-refractivity contribution in [2.75, 3.05) is 23.8 Å². The van der Waals surface area contributed by atoms with Crippen LogP contribution in [-0.2, 0) is 0 Å². The molecule has 1 amide bonds. The Morgan fingerprint density at radius 2 is 2.05 bits per heavy atom. The molecule has 0 radical (unpaired) electrons. The Labute approximate surface area is 130 Å². The molecule has 0 aliphatic carbocycles. The maximum absolute atomic E-state index is 12.4. The molecule has 0 aliphatic rings. The largest absolute Gasteiger partial charge is 0.492 e. The van der Waals surface area contributed by atoms with Crippen LogP contribution in [0.3, 0.4) is 0 Å². The van der Waals surface area contributed by atoms with E-state index in [1.165, 1.54) is 0 Å². The number of benzene rings is 1. The first-order valence-corrected chi connectivity index (χ1v) is 7.47. The molecule has 1 aromatic carbocycles. The summed E-state index contributed by atoms with van der Waals surface area (Å²) in [6.45, 7) is 5.36. The van der Waals surface area contributed by atoms with Crippen molar-refractivity contribution >= 4 is 17.4 Å². The SMILES string of the molecule is CCCNc1cc(C(=O)Nc2ccccc2OCC)ccn1. The monoisotopic (exact) mass is 299 g/mol. The van der Waals surface area contributed by atoms with Crippen LogP contribution >= 0.6 is 0 Å². The van der Waals surface area contributed by atoms with Crippen LogP contribution in [-0.4, -0.2) is 24.0 Å². The molecule has 0 saturated heterocycles. The number of nitrogens with one attached hydrogen (secondary N) is 2. The summed E-state index contributed by atoms with van der Waals surface area (Å²) in [4.78, 5) is 16.6. The molecule has 0 atom stereocenters. The van der Waals surface area contributed by atoms with Crippen molar-refractivity contribution in [2.45, 2.75) is 20.3 Å². The lowest BCUT2D eigenvalue weighted by molar-refractivity contribution is 0.102. The van der Waals surface area contributed by atoms with Crippen LogP contribution < -0.4 is 15.4 Å². The molecule has 0 saturated carbocycles. The Balaban J connectivity index is 2.12. The zero-order valence-electron chi connectivity index (χ0n) is 12.9. The number of amides is 1. The Kier molecular flexibility index (Phi) is 5.77. The minimum absolute atomic E-state index is 0.186. The Morgan fingerprint density at radius 1 is 1.23 bits per heavy atom. The molecule has 0 aliphatic heterocycles. The van der Waals surface area contributed by atoms with Gasteiger partial charge in [0.1, 0.15) is 11.6 Å². The molecule has 0 fully saturated rings. The lowest BCUT2D eigenvalue weighted by atomic mass is 10.2. The van der Waals surface area contributed by atoms with Gasteiger partial charge in [-0.15, -0.1) is 0 Å². The predicted octanol–water partition coefficient (Wildman–Crippen LogP) is 3.55. The van der Waals surface area contributed by atoms with Crippen molar-refractivity contribution in [3.8, 4) is 5.75 Å². The highest BCUT2D eigenvalue weighted by Crippen LogP contribution is 2.24. The summed E-state index contributed by atoms with van der Waals surface area (Å²) >= 11 is 0. The van der Waals surface area contributed by atoms with E-state index in [4.69, 9.17) is 4.74 Å². The van der Waals surface area contributed by atoms with Gasteiger partial charge in [-0.25, -0.2) is 4.98 Å². The highest BCUT2D eigenvalue weighted by Gasteiger charge is 2.10. The van der Waals surface area contributed by atoms with E-state index >= 15 is 0 Å². The number of aromatic nitrogens is 1. The van der Waals surface area contributed by atoms with Gasteiger partial charge >= 0.3 is 0 Å². The average molecular weight is 299 g/mol. The molecule has 1 aromatic heterocycles. The topological polar surface area (TPSA) is 63.2 Å². The number of carbonyl (C=O) groups is 1. The van der Waals surface area contributed by atoms with Crippen LogP contribution in [0.25, 0.3) is 0 Å². The van der Waals surface area contributed by atoms with Gasteiger partial charge in [-0.2, -0.15) is 0 Å². The van der Waals surface area contributed by atoms with E-state index in [0.717, 1.165) is 13.0 Å². The van der Waals surface area contributed by atoms with Crippen LogP contribution in [0.15, 0.2) is 42.6 Å². The summed E-state index contributed by atoms with van der Waals surface area (Å²) in [6, 6.07) is 10.8. The summed E-state index contributed by atoms with van der Waals surface area (Å²) in [5.41, 5.74) is 1.22. The van der Waals surface area contributed by atoms with Crippen LogP contribution in [0.5, 0.6) is 5.75 Å². The standard InChI is InChI=1S/C17H21N3O2/c1-3-10-18-16-12-13(9-11-19-16)17(21)20-14-7-5-6-8-15(14)22-4-2/h5-9,11-12H,3-4,10H2,1-2H3,(H,18,19)(H,20,21). The summed E-state index contributed by atoms with van der Waals surface area (Å²) in [6.07, 6.45) is 2.63. The van der Waals surface area contributed by atoms with Gasteiger partial charge in [0, 0.05) is 18.3 Å². The summed E-state index contributed by atoms with van der Waals surface area (Å²) in [5, 5.41) is 6.04. The van der Waals surface area contributed by atoms with E-state index in [1.54, 1.807) is 18.3 Å². The fourth-order valence-corrected chi connectivity index (χ4v) is 1.97. The van der Waals surface area contributed by atoms with Gasteiger partial charge in [-0.3, -0.25) is 4.79 Å². The second-order valence-corrected chi connectivity index (χ2v) is 4.74. The summed E-state index contributed by atoms with van der Waals surface area (Å²) < 4.78 is 5.51. The third-order valence-electron chi connectivity index (χ3n) is 3.01. The smallest absolute Gasteiger partial charge is 0.255 e. The maximum Gasteiger partial charge on any atom is 0.255 e. The first kappa shape index (κ1) is 15.8. The molecule has 2 rings (SSSR count). The van der Waals surface area contributed by atoms with Gasteiger partial charge in [0.15, 0.2) is 0 Å². The fraction of sp³-hybridized carbons (Fsp3) is 0.294. The maximum atomic E-state index is 12.4. The molecular formula is C17H21N3O2. The number of hydrogen-bond donors (Lipinski definition) is 2. The minimum Gasteiger partial charge on any atom is -0.492 e. The van der Waals surface area contributed by atoms with Gasteiger partial charge in [-0.05, 0) is 37.6 Å². The Hall–Kier alpha value is -2.56. The van der Waals surface area contributed by atoms with Crippen LogP contribution in [0.2, 0.25) is 0 Å². The van der Waals surface area contributed by atoms with Gasteiger partial charge in [0.2, 0.25) is 0 Å². The average Bonchev–Trinajstić information content (AvgIpc) is 2.55. The molecule has 0 bridgehead atoms. The number of para-hydroxylation sites is 2. The molecular weight excluding hydrogens is 278 g/mol. The van der Waals surface area contributed by atoms with Gasteiger partial charge in [-0.1, -0.05) is 19.1 Å². The van der Waals surface area contributed by atoms with E-state index < -0.39 is 0 Å². The highest BCUT2D eigenvalue weighted by molar-refractivity contribution is 6.05. The molecule has 0 unspecified atom stereocenters. The zero-order chi connectivity index (χ0) is 15.8. The summed E-state index contributed by atoms with van der Waals surface area (Å²) in [7, 11) is 0. The van der Waals surface area contributed by atoms with Gasteiger partial charge in [0.25, 0.3) is 5.91 Å². The van der Waals surface area contributed by atoms with E-state index in [0.29, 0.717) is 29.4 Å². The van der Waals surface area contributed by atoms with E-state index in [2.05, 4.69) is 22.5 Å². The van der Waals surface area contributed by atoms with Gasteiger partial charge in [0.05, 0.1) is 12.3 Å². The number of pyridine rings is 1. The van der Waals surface area contributed by atoms with Crippen molar-refractivity contribution in [3.63, 3.8) is 0 Å². The Bertz CT molecular complexity index is 629. The van der Waals surface area contributed by atoms with Crippen molar-refractivity contribution < 1.29 is 9.53 Å². The van der Waals surface area contributed by atoms with Crippen molar-refractivity contribution in [1.29, 1.82) is 0 Å². The van der Waals surface area contributed by atoms with Crippen LogP contribution in [0.1, 0.15) is 30.6 Å². The number of nitrogens with zero attached hydrogens (tertiary/aromatic N) is 1. The lowest BCUT2D eigenvalue weighted by Crippen LogP contribution is -2.14. The third kappa shape index (κ3) is 4.22. The molecule has 22 heavy (non-hydrogen) atoms. The number of carbonyl (C=O) groups excluding carboxylic acids is 1. The Morgan fingerprint density at radius 3 is 2.82 bits per heavy atom. The minimum atomic E-state index is -0.186. The van der Waals surface area contributed by atoms with Gasteiger partial charge < -0.3 is 15.4 Å². The van der Waals surface area contributed by atoms with E-state index in [-0.39, 0.29) is 5.91 Å². The molecule has 1 heterocycles. The van der Waals surface area contributed by atoms with Crippen molar-refractivity contribution in [3.05, 3.63) is 48.2 Å². The second kappa shape index (κ2) is 8.02. The molecule has 5 heteroatoms. The van der Waals surface area contributed by atoms with E-state index in [9.17, 15) is 4.79 Å². The van der Waals surface area contributed by atoms with Crippen molar-refractivity contribution in [1.82, 2.24) is 4.98 Å². The molecule has 0 spiro atoms. The second-order valence-electron chi connectivity index (χ2n) is 4.74. The fourth-order valence-electron chi connectivity index (χ4n) is 1.97. The first-order valence-electron chi connectivity index (χ1n) is 7.47. The molecule has 2 aromatic rings. The number of anilines is 2. The molecule has 2 N–H and O–H groups in total. The third-order valence-corrected chi connectivity index (χ3v) is 3.01. The number of rotatable bonds is 7.